The van der Waals surface area contributed by atoms with Gasteiger partial charge in [0, 0.05) is 43.6 Å². The molecule has 5 nitrogen and oxygen atoms in total. The molecule has 0 unspecified atom stereocenters. The summed E-state index contributed by atoms with van der Waals surface area (Å²) in [6.07, 6.45) is 4.89. The molecule has 7 rings (SSSR count). The standard InChI is InChI=1S/C21H19N2O.C21H19N2Si.Ir/c1-13(2)11-15-9-10-22-19(12-15)18-6-4-5-16-17-8-7-14(3)23-21(17)24-20(16)18;1-24(2,3)21-15-23-20(16-9-5-4-6-10-16)13-19(21)18-12-8-7-11-17(18)14-22;/h4-5,7-10,12-13H,11H2,1-3H3;4-9,11-13,15H,1-3H3;/q2*-1;. The second-order valence-electron chi connectivity index (χ2n) is 13.4. The average Bonchev–Trinajstić information content (AvgIpc) is 3.46. The second-order valence-corrected chi connectivity index (χ2v) is 18.5. The van der Waals surface area contributed by atoms with E-state index in [2.05, 4.69) is 90.9 Å². The van der Waals surface area contributed by atoms with Gasteiger partial charge < -0.3 is 14.4 Å². The van der Waals surface area contributed by atoms with Crippen molar-refractivity contribution in [3.05, 3.63) is 132 Å². The maximum absolute atomic E-state index is 9.50. The molecule has 7 aromatic rings. The van der Waals surface area contributed by atoms with Crippen LogP contribution in [0.1, 0.15) is 30.7 Å². The number of hydrogen-bond acceptors (Lipinski definition) is 5. The van der Waals surface area contributed by atoms with Gasteiger partial charge in [-0.15, -0.1) is 54.1 Å². The summed E-state index contributed by atoms with van der Waals surface area (Å²) in [4.78, 5) is 13.7. The first-order chi connectivity index (χ1) is 23.1. The molecule has 247 valence electrons. The van der Waals surface area contributed by atoms with Crippen LogP contribution in [-0.2, 0) is 26.5 Å². The van der Waals surface area contributed by atoms with Gasteiger partial charge >= 0.3 is 0 Å². The van der Waals surface area contributed by atoms with Crippen LogP contribution in [0.25, 0.3) is 55.7 Å². The van der Waals surface area contributed by atoms with Crippen molar-refractivity contribution in [2.75, 3.05) is 0 Å². The maximum Gasteiger partial charge on any atom is 0.216 e. The molecule has 0 saturated heterocycles. The van der Waals surface area contributed by atoms with Gasteiger partial charge in [0.2, 0.25) is 5.71 Å². The van der Waals surface area contributed by atoms with E-state index in [1.807, 2.05) is 86.0 Å². The largest absolute Gasteiger partial charge is 0.486 e. The van der Waals surface area contributed by atoms with Gasteiger partial charge in [-0.2, -0.15) is 5.26 Å². The van der Waals surface area contributed by atoms with Gasteiger partial charge in [0.05, 0.1) is 25.3 Å². The number of hydrogen-bond donors (Lipinski definition) is 0. The number of furan rings is 1. The first kappa shape index (κ1) is 35.6. The van der Waals surface area contributed by atoms with Gasteiger partial charge in [-0.25, -0.2) is 4.98 Å². The van der Waals surface area contributed by atoms with E-state index in [1.54, 1.807) is 0 Å². The number of aromatic nitrogens is 3. The van der Waals surface area contributed by atoms with Gasteiger partial charge in [0.1, 0.15) is 0 Å². The van der Waals surface area contributed by atoms with Crippen molar-refractivity contribution in [2.24, 2.45) is 5.92 Å². The van der Waals surface area contributed by atoms with E-state index >= 15 is 0 Å². The smallest absolute Gasteiger partial charge is 0.216 e. The zero-order chi connectivity index (χ0) is 33.8. The van der Waals surface area contributed by atoms with E-state index in [0.29, 0.717) is 17.2 Å². The van der Waals surface area contributed by atoms with E-state index in [1.165, 1.54) is 10.8 Å². The number of nitriles is 1. The zero-order valence-corrected chi connectivity index (χ0v) is 32.0. The van der Waals surface area contributed by atoms with Crippen LogP contribution >= 0.6 is 0 Å². The van der Waals surface area contributed by atoms with Crippen LogP contribution < -0.4 is 5.19 Å². The monoisotopic (exact) mass is 835 g/mol. The SMILES string of the molecule is C[Si](C)(C)c1cnc(-c2[c-]cccc2)cc1-c1ccccc1C#N.Cc1ccc2c(n1)oc1c(-c3cc(CC(C)C)ccn3)[c-]ccc12.[Ir]. The molecule has 0 bridgehead atoms. The Balaban J connectivity index is 0.000000187. The van der Waals surface area contributed by atoms with Crippen molar-refractivity contribution < 1.29 is 24.5 Å². The predicted octanol–water partition coefficient (Wildman–Crippen LogP) is 9.98. The van der Waals surface area contributed by atoms with Gasteiger partial charge in [-0.3, -0.25) is 0 Å². The molecule has 0 fully saturated rings. The zero-order valence-electron chi connectivity index (χ0n) is 28.6. The summed E-state index contributed by atoms with van der Waals surface area (Å²) in [5.41, 5.74) is 10.2. The van der Waals surface area contributed by atoms with E-state index in [9.17, 15) is 5.26 Å². The molecule has 49 heavy (non-hydrogen) atoms. The fourth-order valence-corrected chi connectivity index (χ4v) is 7.37. The molecule has 0 N–H and O–H groups in total. The third kappa shape index (κ3) is 7.95. The molecule has 0 aliphatic carbocycles. The molecule has 4 heterocycles. The summed E-state index contributed by atoms with van der Waals surface area (Å²) < 4.78 is 6.06. The summed E-state index contributed by atoms with van der Waals surface area (Å²) in [6, 6.07) is 38.8. The summed E-state index contributed by atoms with van der Waals surface area (Å²) in [6.45, 7) is 13.3. The van der Waals surface area contributed by atoms with Crippen LogP contribution in [0.5, 0.6) is 0 Å². The van der Waals surface area contributed by atoms with Crippen molar-refractivity contribution >= 4 is 35.3 Å². The van der Waals surface area contributed by atoms with Gasteiger partial charge in [0.25, 0.3) is 0 Å². The number of nitrogens with zero attached hydrogens (tertiary/aromatic N) is 4. The molecule has 0 saturated carbocycles. The van der Waals surface area contributed by atoms with E-state index in [-0.39, 0.29) is 20.1 Å². The normalized spacial score (nSPS) is 11.1. The van der Waals surface area contributed by atoms with Crippen LogP contribution in [0.2, 0.25) is 19.6 Å². The summed E-state index contributed by atoms with van der Waals surface area (Å²) >= 11 is 0. The maximum atomic E-state index is 9.50. The molecule has 0 aliphatic heterocycles. The Bertz CT molecular complexity index is 2270. The fourth-order valence-electron chi connectivity index (χ4n) is 5.91. The Kier molecular flexibility index (Phi) is 11.0. The Morgan fingerprint density at radius 1 is 0.837 bits per heavy atom. The molecule has 0 atom stereocenters. The number of pyridine rings is 3. The quantitative estimate of drug-likeness (QED) is 0.123. The van der Waals surface area contributed by atoms with Crippen molar-refractivity contribution in [1.29, 1.82) is 5.26 Å². The summed E-state index contributed by atoms with van der Waals surface area (Å²) in [5.74, 6) is 0.610. The molecule has 0 amide bonds. The molecule has 4 aromatic heterocycles. The molecular weight excluding hydrogens is 797 g/mol. The van der Waals surface area contributed by atoms with Gasteiger partial charge in [-0.05, 0) is 71.2 Å². The van der Waals surface area contributed by atoms with Crippen LogP contribution in [0, 0.1) is 36.3 Å². The molecule has 0 spiro atoms. The third-order valence-electron chi connectivity index (χ3n) is 8.20. The Labute approximate surface area is 303 Å². The van der Waals surface area contributed by atoms with Crippen LogP contribution in [0.3, 0.4) is 0 Å². The third-order valence-corrected chi connectivity index (χ3v) is 10.2. The van der Waals surface area contributed by atoms with Gasteiger partial charge in [-0.1, -0.05) is 80.3 Å². The first-order valence-corrected chi connectivity index (χ1v) is 19.8. The van der Waals surface area contributed by atoms with Crippen LogP contribution in [0.4, 0.5) is 0 Å². The second kappa shape index (κ2) is 15.2. The van der Waals surface area contributed by atoms with Crippen molar-refractivity contribution in [3.8, 4) is 39.7 Å². The minimum atomic E-state index is -1.60. The number of aryl methyl sites for hydroxylation is 1. The van der Waals surface area contributed by atoms with Crippen molar-refractivity contribution in [3.63, 3.8) is 0 Å². The first-order valence-electron chi connectivity index (χ1n) is 16.3. The summed E-state index contributed by atoms with van der Waals surface area (Å²) in [5, 5.41) is 12.9. The molecule has 0 aliphatic rings. The minimum Gasteiger partial charge on any atom is -0.486 e. The Hall–Kier alpha value is -4.73. The fraction of sp³-hybridized carbons (Fsp3) is 0.190. The van der Waals surface area contributed by atoms with E-state index < -0.39 is 8.07 Å². The molecular formula is C42H38IrN4OSi-2. The number of fused-ring (bicyclic) bond motifs is 3. The molecule has 3 aromatic carbocycles. The number of benzene rings is 3. The van der Waals surface area contributed by atoms with Crippen LogP contribution in [-0.4, -0.2) is 23.0 Å². The molecule has 7 heteroatoms. The van der Waals surface area contributed by atoms with Crippen molar-refractivity contribution in [2.45, 2.75) is 46.8 Å². The topological polar surface area (TPSA) is 75.6 Å². The van der Waals surface area contributed by atoms with Crippen molar-refractivity contribution in [1.82, 2.24) is 15.0 Å². The molecule has 1 radical (unpaired) electrons. The Morgan fingerprint density at radius 2 is 1.63 bits per heavy atom. The number of rotatable bonds is 6. The van der Waals surface area contributed by atoms with Gasteiger partial charge in [0.15, 0.2) is 0 Å². The predicted molar refractivity (Wildman–Crippen MR) is 199 cm³/mol. The Morgan fingerprint density at radius 3 is 2.37 bits per heavy atom. The minimum absolute atomic E-state index is 0. The van der Waals surface area contributed by atoms with E-state index in [4.69, 9.17) is 4.42 Å². The van der Waals surface area contributed by atoms with Crippen LogP contribution in [0.15, 0.2) is 108 Å². The van der Waals surface area contributed by atoms with E-state index in [0.717, 1.165) is 62.1 Å². The average molecular weight is 835 g/mol. The summed E-state index contributed by atoms with van der Waals surface area (Å²) in [7, 11) is -1.60.